The minimum absolute atomic E-state index is 0.312. The van der Waals surface area contributed by atoms with Crippen LogP contribution in [0.4, 0.5) is 4.79 Å². The van der Waals surface area contributed by atoms with E-state index in [0.29, 0.717) is 13.2 Å². The molecule has 0 aliphatic heterocycles. The quantitative estimate of drug-likeness (QED) is 0.397. The Morgan fingerprint density at radius 1 is 1.05 bits per heavy atom. The molecule has 0 saturated carbocycles. The molecular formula is C14H27NO4. The normalized spacial score (nSPS) is 8.95. The second-order valence-corrected chi connectivity index (χ2v) is 3.89. The molecule has 0 atom stereocenters. The molecule has 0 aromatic heterocycles. The monoisotopic (exact) mass is 273 g/mol. The van der Waals surface area contributed by atoms with Crippen molar-refractivity contribution in [2.75, 3.05) is 13.2 Å². The summed E-state index contributed by atoms with van der Waals surface area (Å²) in [4.78, 5) is 20.2. The van der Waals surface area contributed by atoms with Crippen molar-refractivity contribution in [3.8, 4) is 0 Å². The molecule has 0 unspecified atom stereocenters. The standard InChI is InChI=1S/C11H20O2.C3H7NO2/c1-3-5-6-7-8-9-10-13-11(12)4-2;1-2-6-3(4)5/h4H,2-3,5-10H2,1H3;2H2,1H3,(H2,4,5). The van der Waals surface area contributed by atoms with Crippen molar-refractivity contribution < 1.29 is 19.1 Å². The number of carbonyl (C=O) groups is 2. The zero-order chi connectivity index (χ0) is 14.9. The molecule has 0 heterocycles. The first kappa shape index (κ1) is 19.8. The number of ether oxygens (including phenoxy) is 2. The Bertz CT molecular complexity index is 242. The molecule has 0 saturated heterocycles. The zero-order valence-electron chi connectivity index (χ0n) is 12.2. The van der Waals surface area contributed by atoms with Gasteiger partial charge < -0.3 is 15.2 Å². The van der Waals surface area contributed by atoms with Crippen LogP contribution in [-0.2, 0) is 14.3 Å². The van der Waals surface area contributed by atoms with E-state index >= 15 is 0 Å². The van der Waals surface area contributed by atoms with Crippen molar-refractivity contribution in [2.24, 2.45) is 5.73 Å². The summed E-state index contributed by atoms with van der Waals surface area (Å²) in [6, 6.07) is 0. The molecule has 0 fully saturated rings. The van der Waals surface area contributed by atoms with E-state index in [1.807, 2.05) is 0 Å². The minimum atomic E-state index is -0.711. The number of nitrogens with two attached hydrogens (primary N) is 1. The summed E-state index contributed by atoms with van der Waals surface area (Å²) in [5, 5.41) is 0. The van der Waals surface area contributed by atoms with E-state index in [0.717, 1.165) is 12.8 Å². The van der Waals surface area contributed by atoms with Crippen molar-refractivity contribution in [1.82, 2.24) is 0 Å². The third kappa shape index (κ3) is 22.2. The van der Waals surface area contributed by atoms with E-state index in [-0.39, 0.29) is 5.97 Å². The molecule has 0 radical (unpaired) electrons. The Morgan fingerprint density at radius 2 is 1.63 bits per heavy atom. The minimum Gasteiger partial charge on any atom is -0.463 e. The Labute approximate surface area is 116 Å². The summed E-state index contributed by atoms with van der Waals surface area (Å²) in [6.45, 7) is 8.12. The fourth-order valence-electron chi connectivity index (χ4n) is 1.26. The fraction of sp³-hybridized carbons (Fsp3) is 0.714. The summed E-state index contributed by atoms with van der Waals surface area (Å²) < 4.78 is 9.02. The van der Waals surface area contributed by atoms with Crippen LogP contribution in [0.2, 0.25) is 0 Å². The van der Waals surface area contributed by atoms with Gasteiger partial charge in [0.25, 0.3) is 0 Å². The number of rotatable bonds is 9. The van der Waals surface area contributed by atoms with Crippen LogP contribution in [-0.4, -0.2) is 25.3 Å². The van der Waals surface area contributed by atoms with E-state index in [2.05, 4.69) is 24.0 Å². The van der Waals surface area contributed by atoms with Gasteiger partial charge in [0.05, 0.1) is 13.2 Å². The van der Waals surface area contributed by atoms with Gasteiger partial charge in [-0.1, -0.05) is 45.6 Å². The van der Waals surface area contributed by atoms with Crippen molar-refractivity contribution in [2.45, 2.75) is 52.4 Å². The van der Waals surface area contributed by atoms with Crippen LogP contribution in [0.25, 0.3) is 0 Å². The van der Waals surface area contributed by atoms with Crippen LogP contribution in [0, 0.1) is 0 Å². The summed E-state index contributed by atoms with van der Waals surface area (Å²) in [7, 11) is 0. The highest BCUT2D eigenvalue weighted by Gasteiger charge is 1.94. The fourth-order valence-corrected chi connectivity index (χ4v) is 1.26. The Morgan fingerprint density at radius 3 is 2.05 bits per heavy atom. The maximum atomic E-state index is 10.6. The molecule has 1 amide bonds. The van der Waals surface area contributed by atoms with Crippen molar-refractivity contribution >= 4 is 12.1 Å². The summed E-state index contributed by atoms with van der Waals surface area (Å²) in [5.74, 6) is -0.312. The molecule has 0 aliphatic rings. The van der Waals surface area contributed by atoms with Gasteiger partial charge in [0, 0.05) is 6.08 Å². The Balaban J connectivity index is 0. The molecule has 19 heavy (non-hydrogen) atoms. The Kier molecular flexibility index (Phi) is 17.2. The van der Waals surface area contributed by atoms with Crippen LogP contribution in [0.1, 0.15) is 52.4 Å². The van der Waals surface area contributed by atoms with Gasteiger partial charge in [-0.05, 0) is 13.3 Å². The lowest BCUT2D eigenvalue weighted by Gasteiger charge is -2.01. The van der Waals surface area contributed by atoms with Gasteiger partial charge in [0.15, 0.2) is 0 Å². The predicted molar refractivity (Wildman–Crippen MR) is 75.7 cm³/mol. The van der Waals surface area contributed by atoms with Crippen molar-refractivity contribution in [3.05, 3.63) is 12.7 Å². The van der Waals surface area contributed by atoms with Crippen LogP contribution in [0.15, 0.2) is 12.7 Å². The zero-order valence-corrected chi connectivity index (χ0v) is 12.2. The number of esters is 1. The molecule has 0 aromatic carbocycles. The lowest BCUT2D eigenvalue weighted by Crippen LogP contribution is -2.11. The third-order valence-electron chi connectivity index (χ3n) is 2.20. The average Bonchev–Trinajstić information content (AvgIpc) is 2.38. The second-order valence-electron chi connectivity index (χ2n) is 3.89. The van der Waals surface area contributed by atoms with Crippen LogP contribution in [0.5, 0.6) is 0 Å². The van der Waals surface area contributed by atoms with Gasteiger partial charge in [-0.3, -0.25) is 0 Å². The highest BCUT2D eigenvalue weighted by molar-refractivity contribution is 5.81. The van der Waals surface area contributed by atoms with Gasteiger partial charge in [0.2, 0.25) is 0 Å². The first-order valence-electron chi connectivity index (χ1n) is 6.79. The number of unbranched alkanes of at least 4 members (excludes halogenated alkanes) is 5. The maximum absolute atomic E-state index is 10.6. The molecule has 0 aliphatic carbocycles. The average molecular weight is 273 g/mol. The molecule has 5 nitrogen and oxygen atoms in total. The summed E-state index contributed by atoms with van der Waals surface area (Å²) in [5.41, 5.74) is 4.54. The largest absolute Gasteiger partial charge is 0.463 e. The predicted octanol–water partition coefficient (Wildman–Crippen LogP) is 3.18. The van der Waals surface area contributed by atoms with Crippen LogP contribution >= 0.6 is 0 Å². The van der Waals surface area contributed by atoms with E-state index in [1.165, 1.54) is 31.8 Å². The first-order chi connectivity index (χ1) is 9.08. The van der Waals surface area contributed by atoms with Gasteiger partial charge >= 0.3 is 12.1 Å². The van der Waals surface area contributed by atoms with E-state index in [4.69, 9.17) is 4.74 Å². The molecule has 0 spiro atoms. The van der Waals surface area contributed by atoms with E-state index in [1.54, 1.807) is 6.92 Å². The van der Waals surface area contributed by atoms with E-state index in [9.17, 15) is 9.59 Å². The highest BCUT2D eigenvalue weighted by atomic mass is 16.5. The second kappa shape index (κ2) is 16.5. The van der Waals surface area contributed by atoms with Crippen LogP contribution in [0.3, 0.4) is 0 Å². The van der Waals surface area contributed by atoms with Crippen molar-refractivity contribution in [1.29, 1.82) is 0 Å². The number of carbonyl (C=O) groups excluding carboxylic acids is 2. The topological polar surface area (TPSA) is 78.6 Å². The Hall–Kier alpha value is -1.52. The van der Waals surface area contributed by atoms with Gasteiger partial charge in [-0.2, -0.15) is 0 Å². The first-order valence-corrected chi connectivity index (χ1v) is 6.79. The molecule has 112 valence electrons. The summed E-state index contributed by atoms with van der Waals surface area (Å²) >= 11 is 0. The third-order valence-corrected chi connectivity index (χ3v) is 2.20. The number of hydrogen-bond donors (Lipinski definition) is 1. The molecule has 5 heteroatoms. The molecule has 0 bridgehead atoms. The van der Waals surface area contributed by atoms with Crippen molar-refractivity contribution in [3.63, 3.8) is 0 Å². The molecule has 2 N–H and O–H groups in total. The SMILES string of the molecule is C=CC(=O)OCCCCCCCC.CCOC(N)=O. The van der Waals surface area contributed by atoms with Gasteiger partial charge in [-0.25, -0.2) is 9.59 Å². The highest BCUT2D eigenvalue weighted by Crippen LogP contribution is 2.04. The smallest absolute Gasteiger partial charge is 0.404 e. The molecular weight excluding hydrogens is 246 g/mol. The number of primary amides is 1. The molecule has 0 aromatic rings. The van der Waals surface area contributed by atoms with Gasteiger partial charge in [0.1, 0.15) is 0 Å². The number of hydrogen-bond acceptors (Lipinski definition) is 4. The summed E-state index contributed by atoms with van der Waals surface area (Å²) in [6.07, 6.45) is 7.76. The number of amides is 1. The van der Waals surface area contributed by atoms with Gasteiger partial charge in [-0.15, -0.1) is 0 Å². The lowest BCUT2D eigenvalue weighted by atomic mass is 10.1. The van der Waals surface area contributed by atoms with Crippen LogP contribution < -0.4 is 5.73 Å². The maximum Gasteiger partial charge on any atom is 0.404 e. The lowest BCUT2D eigenvalue weighted by molar-refractivity contribution is -0.137. The molecule has 0 rings (SSSR count). The van der Waals surface area contributed by atoms with E-state index < -0.39 is 6.09 Å².